The Hall–Kier alpha value is -4.00. The zero-order valence-electron chi connectivity index (χ0n) is 29.3. The van der Waals surface area contributed by atoms with Crippen molar-refractivity contribution >= 4 is 50.9 Å². The lowest BCUT2D eigenvalue weighted by Crippen LogP contribution is -2.41. The standard InChI is InChI=1S/C42H40Cl2FN5O2/c1-23-29-18-33(34-19-42(2,22-49(34)41(51)25-13-14-25)52-21-24-8-4-3-5-9-24)50(39-27-17-32(39)47-20-27)40(29)30-16-26(10-7-15-46)35(37(45)38(30)48-23)28-11-6-12-31(43)36(28)44/h3-6,8-9,11-12,16,18,25,27,32,34,39,47H,7,10,13-14,17,19-22H2,1-2H3. The Labute approximate surface area is 312 Å². The van der Waals surface area contributed by atoms with Crippen molar-refractivity contribution in [1.29, 1.82) is 5.26 Å². The first kappa shape index (κ1) is 33.8. The van der Waals surface area contributed by atoms with Crippen molar-refractivity contribution in [2.24, 2.45) is 11.8 Å². The number of rotatable bonds is 9. The summed E-state index contributed by atoms with van der Waals surface area (Å²) in [4.78, 5) is 21.1. The van der Waals surface area contributed by atoms with E-state index >= 15 is 4.39 Å². The van der Waals surface area contributed by atoms with Crippen LogP contribution < -0.4 is 5.32 Å². The second-order valence-electron chi connectivity index (χ2n) is 15.5. The maximum Gasteiger partial charge on any atom is 0.226 e. The van der Waals surface area contributed by atoms with Crippen LogP contribution in [-0.4, -0.2) is 45.1 Å². The number of hydrogen-bond donors (Lipinski definition) is 1. The summed E-state index contributed by atoms with van der Waals surface area (Å²) in [5.41, 5.74) is 4.99. The molecule has 7 nitrogen and oxygen atoms in total. The monoisotopic (exact) mass is 735 g/mol. The summed E-state index contributed by atoms with van der Waals surface area (Å²) in [7, 11) is 0. The SMILES string of the molecule is Cc1nc2c(F)c(-c3cccc(Cl)c3Cl)c(CCC#N)cc2c2c1cc(C1CC(C)(OCc3ccccc3)CN1C(=O)C1CC1)n2C1C2CNC1C2. The lowest BCUT2D eigenvalue weighted by atomic mass is 9.79. The Morgan fingerprint density at radius 2 is 1.94 bits per heavy atom. The highest BCUT2D eigenvalue weighted by molar-refractivity contribution is 6.43. The summed E-state index contributed by atoms with van der Waals surface area (Å²) in [6.45, 7) is 5.96. The minimum Gasteiger partial charge on any atom is -0.369 e. The van der Waals surface area contributed by atoms with Crippen LogP contribution >= 0.6 is 23.2 Å². The van der Waals surface area contributed by atoms with Crippen molar-refractivity contribution < 1.29 is 13.9 Å². The largest absolute Gasteiger partial charge is 0.369 e. The van der Waals surface area contributed by atoms with Gasteiger partial charge in [0.25, 0.3) is 0 Å². The number of benzene rings is 3. The maximum absolute atomic E-state index is 17.2. The molecular formula is C42H40Cl2FN5O2. The Kier molecular flexibility index (Phi) is 8.35. The van der Waals surface area contributed by atoms with Crippen molar-refractivity contribution in [2.75, 3.05) is 13.1 Å². The summed E-state index contributed by atoms with van der Waals surface area (Å²) >= 11 is 13.1. The molecule has 3 saturated heterocycles. The van der Waals surface area contributed by atoms with E-state index in [9.17, 15) is 10.1 Å². The molecule has 5 aliphatic rings. The Bertz CT molecular complexity index is 2290. The van der Waals surface area contributed by atoms with Gasteiger partial charge >= 0.3 is 0 Å². The molecule has 5 unspecified atom stereocenters. The van der Waals surface area contributed by atoms with Gasteiger partial charge in [0.1, 0.15) is 5.52 Å². The van der Waals surface area contributed by atoms with Gasteiger partial charge in [-0.05, 0) is 74.8 Å². The number of nitriles is 1. The predicted molar refractivity (Wildman–Crippen MR) is 202 cm³/mol. The highest BCUT2D eigenvalue weighted by Crippen LogP contribution is 2.52. The zero-order chi connectivity index (χ0) is 35.9. The summed E-state index contributed by atoms with van der Waals surface area (Å²) in [6.07, 6.45) is 4.11. The van der Waals surface area contributed by atoms with Crippen LogP contribution in [0.1, 0.15) is 73.6 Å². The van der Waals surface area contributed by atoms with Gasteiger partial charge in [0.05, 0.1) is 52.5 Å². The van der Waals surface area contributed by atoms with E-state index in [1.165, 1.54) is 0 Å². The first-order chi connectivity index (χ1) is 25.2. The second kappa shape index (κ2) is 12.8. The summed E-state index contributed by atoms with van der Waals surface area (Å²) in [5.74, 6) is 0.189. The molecule has 1 amide bonds. The summed E-state index contributed by atoms with van der Waals surface area (Å²) in [5, 5.41) is 15.6. The molecule has 3 aliphatic heterocycles. The number of halogens is 3. The molecule has 1 N–H and O–H groups in total. The third-order valence-electron chi connectivity index (χ3n) is 11.9. The molecular weight excluding hydrogens is 696 g/mol. The highest BCUT2D eigenvalue weighted by atomic mass is 35.5. The van der Waals surface area contributed by atoms with Crippen molar-refractivity contribution in [3.8, 4) is 17.2 Å². The van der Waals surface area contributed by atoms with E-state index in [2.05, 4.69) is 46.0 Å². The Morgan fingerprint density at radius 3 is 2.65 bits per heavy atom. The first-order valence-corrected chi connectivity index (χ1v) is 19.1. The van der Waals surface area contributed by atoms with Crippen molar-refractivity contribution in [3.63, 3.8) is 0 Å². The van der Waals surface area contributed by atoms with Gasteiger partial charge < -0.3 is 19.5 Å². The van der Waals surface area contributed by atoms with Gasteiger partial charge in [-0.3, -0.25) is 4.79 Å². The molecule has 10 rings (SSSR count). The smallest absolute Gasteiger partial charge is 0.226 e. The number of nitrogens with one attached hydrogen (secondary N) is 1. The fourth-order valence-corrected chi connectivity index (χ4v) is 9.54. The molecule has 0 spiro atoms. The molecule has 5 aromatic rings. The molecule has 3 aromatic carbocycles. The van der Waals surface area contributed by atoms with Gasteiger partial charge in [-0.1, -0.05) is 65.7 Å². The molecule has 0 radical (unpaired) electrons. The van der Waals surface area contributed by atoms with E-state index in [1.807, 2.05) is 31.2 Å². The lowest BCUT2D eigenvalue weighted by Gasteiger charge is -2.39. The lowest BCUT2D eigenvalue weighted by molar-refractivity contribution is -0.135. The quantitative estimate of drug-likeness (QED) is 0.163. The zero-order valence-corrected chi connectivity index (χ0v) is 30.8. The van der Waals surface area contributed by atoms with Crippen LogP contribution in [0.25, 0.3) is 32.9 Å². The average molecular weight is 737 g/mol. The van der Waals surface area contributed by atoms with Crippen LogP contribution in [-0.2, 0) is 22.6 Å². The predicted octanol–water partition coefficient (Wildman–Crippen LogP) is 9.26. The molecule has 2 aliphatic carbocycles. The molecule has 2 saturated carbocycles. The topological polar surface area (TPSA) is 83.2 Å². The average Bonchev–Trinajstić information content (AvgIpc) is 3.41. The number of carbonyl (C=O) groups excluding carboxylic acids is 1. The Balaban J connectivity index is 1.25. The first-order valence-electron chi connectivity index (χ1n) is 18.4. The molecule has 5 fully saturated rings. The molecule has 10 heteroatoms. The molecule has 5 heterocycles. The van der Waals surface area contributed by atoms with Gasteiger partial charge in [0.15, 0.2) is 5.82 Å². The van der Waals surface area contributed by atoms with Crippen LogP contribution in [0.5, 0.6) is 0 Å². The van der Waals surface area contributed by atoms with E-state index in [0.29, 0.717) is 59.0 Å². The third kappa shape index (κ3) is 5.51. The number of likely N-dealkylation sites (tertiary alicyclic amines) is 1. The van der Waals surface area contributed by atoms with Crippen LogP contribution in [0.4, 0.5) is 4.39 Å². The highest BCUT2D eigenvalue weighted by Gasteiger charge is 2.52. The van der Waals surface area contributed by atoms with E-state index in [1.54, 1.807) is 18.2 Å². The molecule has 266 valence electrons. The van der Waals surface area contributed by atoms with Crippen LogP contribution in [0.15, 0.2) is 60.7 Å². The second-order valence-corrected chi connectivity index (χ2v) is 16.2. The van der Waals surface area contributed by atoms with Gasteiger partial charge in [-0.15, -0.1) is 0 Å². The van der Waals surface area contributed by atoms with Crippen LogP contribution in [0.2, 0.25) is 10.0 Å². The molecule has 52 heavy (non-hydrogen) atoms. The Morgan fingerprint density at radius 1 is 1.13 bits per heavy atom. The summed E-state index contributed by atoms with van der Waals surface area (Å²) < 4.78 is 26.3. The number of carbonyl (C=O) groups is 1. The minimum atomic E-state index is -0.555. The number of aryl methyl sites for hydroxylation is 2. The van der Waals surface area contributed by atoms with Crippen molar-refractivity contribution in [1.82, 2.24) is 19.8 Å². The number of aromatic nitrogens is 2. The van der Waals surface area contributed by atoms with Crippen molar-refractivity contribution in [3.05, 3.63) is 99.0 Å². The van der Waals surface area contributed by atoms with E-state index < -0.39 is 11.4 Å². The van der Waals surface area contributed by atoms with Gasteiger partial charge in [-0.2, -0.15) is 5.26 Å². The summed E-state index contributed by atoms with van der Waals surface area (Å²) in [6, 6.07) is 22.1. The fraction of sp³-hybridized carbons (Fsp3) is 0.405. The van der Waals surface area contributed by atoms with E-state index in [4.69, 9.17) is 32.9 Å². The molecule has 2 aromatic heterocycles. The number of amides is 1. The van der Waals surface area contributed by atoms with Gasteiger partial charge in [-0.25, -0.2) is 9.37 Å². The normalized spacial score (nSPS) is 25.2. The number of nitrogens with zero attached hydrogens (tertiary/aromatic N) is 4. The number of fused-ring (bicyclic) bond motifs is 4. The van der Waals surface area contributed by atoms with E-state index in [-0.39, 0.29) is 46.9 Å². The number of hydrogen-bond acceptors (Lipinski definition) is 5. The maximum atomic E-state index is 17.2. The van der Waals surface area contributed by atoms with Crippen LogP contribution in [0, 0.1) is 35.9 Å². The third-order valence-corrected chi connectivity index (χ3v) is 12.7. The molecule has 5 atom stereocenters. The van der Waals surface area contributed by atoms with Crippen molar-refractivity contribution in [2.45, 2.75) is 82.7 Å². The van der Waals surface area contributed by atoms with Gasteiger partial charge in [0, 0.05) is 64.6 Å². The van der Waals surface area contributed by atoms with Crippen LogP contribution in [0.3, 0.4) is 0 Å². The number of pyridine rings is 1. The fourth-order valence-electron chi connectivity index (χ4n) is 9.15. The van der Waals surface area contributed by atoms with Gasteiger partial charge in [0.2, 0.25) is 5.91 Å². The molecule has 2 bridgehead atoms. The van der Waals surface area contributed by atoms with E-state index in [0.717, 1.165) is 53.7 Å². The number of ether oxygens (including phenoxy) is 1. The minimum absolute atomic E-state index is 0.0520.